The average Bonchev–Trinajstić information content (AvgIpc) is 2.58. The van der Waals surface area contributed by atoms with E-state index >= 15 is 0 Å². The fraction of sp³-hybridized carbons (Fsp3) is 0.167. The molecule has 0 bridgehead atoms. The molecular formula is C18H16O4. The molecule has 0 fully saturated rings. The van der Waals surface area contributed by atoms with Gasteiger partial charge in [-0.1, -0.05) is 36.3 Å². The lowest BCUT2D eigenvalue weighted by Crippen LogP contribution is -2.06. The molecule has 0 spiro atoms. The minimum atomic E-state index is -0.495. The molecule has 0 saturated heterocycles. The highest BCUT2D eigenvalue weighted by molar-refractivity contribution is 5.90. The van der Waals surface area contributed by atoms with Crippen molar-refractivity contribution in [2.45, 2.75) is 6.61 Å². The molecule has 4 nitrogen and oxygen atoms in total. The zero-order chi connectivity index (χ0) is 15.8. The van der Waals surface area contributed by atoms with Gasteiger partial charge in [-0.2, -0.15) is 0 Å². The molecule has 0 aliphatic rings. The SMILES string of the molecule is C#CCOC(=O)c1ccc(OCc2ccccc2)c(OC)c1. The van der Waals surface area contributed by atoms with Crippen LogP contribution in [-0.4, -0.2) is 19.7 Å². The van der Waals surface area contributed by atoms with Crippen LogP contribution in [0.2, 0.25) is 0 Å². The molecular weight excluding hydrogens is 280 g/mol. The van der Waals surface area contributed by atoms with E-state index in [-0.39, 0.29) is 6.61 Å². The third-order valence-electron chi connectivity index (χ3n) is 2.92. The van der Waals surface area contributed by atoms with E-state index in [0.717, 1.165) is 5.56 Å². The number of benzene rings is 2. The van der Waals surface area contributed by atoms with Crippen molar-refractivity contribution in [1.82, 2.24) is 0 Å². The Labute approximate surface area is 129 Å². The second-order valence-electron chi connectivity index (χ2n) is 4.42. The molecule has 4 heteroatoms. The van der Waals surface area contributed by atoms with Crippen molar-refractivity contribution < 1.29 is 19.0 Å². The number of carbonyl (C=O) groups excluding carboxylic acids is 1. The molecule has 0 saturated carbocycles. The van der Waals surface area contributed by atoms with Gasteiger partial charge in [-0.05, 0) is 23.8 Å². The summed E-state index contributed by atoms with van der Waals surface area (Å²) in [5, 5.41) is 0. The zero-order valence-corrected chi connectivity index (χ0v) is 12.2. The van der Waals surface area contributed by atoms with Crippen LogP contribution in [0.4, 0.5) is 0 Å². The summed E-state index contributed by atoms with van der Waals surface area (Å²) in [6, 6.07) is 14.6. The predicted molar refractivity (Wildman–Crippen MR) is 82.9 cm³/mol. The number of ether oxygens (including phenoxy) is 3. The van der Waals surface area contributed by atoms with Crippen LogP contribution in [0.1, 0.15) is 15.9 Å². The standard InChI is InChI=1S/C18H16O4/c1-3-11-21-18(19)15-9-10-16(17(12-15)20-2)22-13-14-7-5-4-6-8-14/h1,4-10,12H,11,13H2,2H3. The first-order valence-electron chi connectivity index (χ1n) is 6.70. The van der Waals surface area contributed by atoms with E-state index in [2.05, 4.69) is 5.92 Å². The van der Waals surface area contributed by atoms with Crippen molar-refractivity contribution in [1.29, 1.82) is 0 Å². The highest BCUT2D eigenvalue weighted by atomic mass is 16.5. The highest BCUT2D eigenvalue weighted by Gasteiger charge is 2.12. The van der Waals surface area contributed by atoms with Crippen molar-refractivity contribution in [2.24, 2.45) is 0 Å². The Bertz CT molecular complexity index is 671. The van der Waals surface area contributed by atoms with Gasteiger partial charge in [-0.15, -0.1) is 6.42 Å². The number of terminal acetylenes is 1. The average molecular weight is 296 g/mol. The quantitative estimate of drug-likeness (QED) is 0.607. The van der Waals surface area contributed by atoms with Crippen LogP contribution in [0, 0.1) is 12.3 Å². The maximum Gasteiger partial charge on any atom is 0.339 e. The maximum absolute atomic E-state index is 11.7. The summed E-state index contributed by atoms with van der Waals surface area (Å²) in [5.74, 6) is 2.77. The van der Waals surface area contributed by atoms with Gasteiger partial charge in [-0.25, -0.2) is 4.79 Å². The summed E-state index contributed by atoms with van der Waals surface area (Å²) >= 11 is 0. The number of carbonyl (C=O) groups is 1. The van der Waals surface area contributed by atoms with Gasteiger partial charge in [0, 0.05) is 0 Å². The van der Waals surface area contributed by atoms with Crippen molar-refractivity contribution >= 4 is 5.97 Å². The van der Waals surface area contributed by atoms with Crippen molar-refractivity contribution in [2.75, 3.05) is 13.7 Å². The van der Waals surface area contributed by atoms with Gasteiger partial charge in [0.15, 0.2) is 18.1 Å². The number of methoxy groups -OCH3 is 1. The Morgan fingerprint density at radius 1 is 1.14 bits per heavy atom. The van der Waals surface area contributed by atoms with Gasteiger partial charge >= 0.3 is 5.97 Å². The lowest BCUT2D eigenvalue weighted by molar-refractivity contribution is 0.0556. The van der Waals surface area contributed by atoms with Crippen LogP contribution in [0.5, 0.6) is 11.5 Å². The van der Waals surface area contributed by atoms with Crippen molar-refractivity contribution in [3.8, 4) is 23.8 Å². The number of hydrogen-bond acceptors (Lipinski definition) is 4. The van der Waals surface area contributed by atoms with E-state index in [1.807, 2.05) is 30.3 Å². The summed E-state index contributed by atoms with van der Waals surface area (Å²) in [4.78, 5) is 11.7. The predicted octanol–water partition coefficient (Wildman–Crippen LogP) is 3.06. The number of rotatable bonds is 6. The molecule has 2 aromatic carbocycles. The Morgan fingerprint density at radius 2 is 1.91 bits per heavy atom. The molecule has 0 heterocycles. The molecule has 0 aromatic heterocycles. The van der Waals surface area contributed by atoms with Crippen LogP contribution in [0.25, 0.3) is 0 Å². The van der Waals surface area contributed by atoms with E-state index in [0.29, 0.717) is 23.7 Å². The summed E-state index contributed by atoms with van der Waals surface area (Å²) in [5.41, 5.74) is 1.40. The number of esters is 1. The molecule has 0 unspecified atom stereocenters. The Morgan fingerprint density at radius 3 is 2.59 bits per heavy atom. The van der Waals surface area contributed by atoms with Crippen LogP contribution >= 0.6 is 0 Å². The van der Waals surface area contributed by atoms with E-state index in [1.54, 1.807) is 18.2 Å². The Kier molecular flexibility index (Phi) is 5.44. The van der Waals surface area contributed by atoms with Gasteiger partial charge < -0.3 is 14.2 Å². The second kappa shape index (κ2) is 7.75. The monoisotopic (exact) mass is 296 g/mol. The Balaban J connectivity index is 2.09. The summed E-state index contributed by atoms with van der Waals surface area (Å²) in [6.07, 6.45) is 5.06. The van der Waals surface area contributed by atoms with Crippen LogP contribution in [0.3, 0.4) is 0 Å². The lowest BCUT2D eigenvalue weighted by Gasteiger charge is -2.12. The zero-order valence-electron chi connectivity index (χ0n) is 12.2. The maximum atomic E-state index is 11.7. The summed E-state index contributed by atoms with van der Waals surface area (Å²) < 4.78 is 15.9. The summed E-state index contributed by atoms with van der Waals surface area (Å²) in [7, 11) is 1.52. The molecule has 0 atom stereocenters. The minimum Gasteiger partial charge on any atom is -0.493 e. The third-order valence-corrected chi connectivity index (χ3v) is 2.92. The van der Waals surface area contributed by atoms with Gasteiger partial charge in [0.1, 0.15) is 6.61 Å². The normalized spacial score (nSPS) is 9.64. The fourth-order valence-corrected chi connectivity index (χ4v) is 1.84. The Hall–Kier alpha value is -2.93. The largest absolute Gasteiger partial charge is 0.493 e. The molecule has 0 aliphatic carbocycles. The molecule has 0 aliphatic heterocycles. The topological polar surface area (TPSA) is 44.8 Å². The van der Waals surface area contributed by atoms with Gasteiger partial charge in [0.2, 0.25) is 0 Å². The van der Waals surface area contributed by atoms with Crippen molar-refractivity contribution in [3.05, 3.63) is 59.7 Å². The van der Waals surface area contributed by atoms with E-state index in [4.69, 9.17) is 20.6 Å². The molecule has 22 heavy (non-hydrogen) atoms. The highest BCUT2D eigenvalue weighted by Crippen LogP contribution is 2.29. The summed E-state index contributed by atoms with van der Waals surface area (Å²) in [6.45, 7) is 0.353. The first-order chi connectivity index (χ1) is 10.7. The molecule has 112 valence electrons. The molecule has 0 N–H and O–H groups in total. The van der Waals surface area contributed by atoms with Gasteiger partial charge in [-0.3, -0.25) is 0 Å². The first-order valence-corrected chi connectivity index (χ1v) is 6.70. The molecule has 0 radical (unpaired) electrons. The second-order valence-corrected chi connectivity index (χ2v) is 4.42. The fourth-order valence-electron chi connectivity index (χ4n) is 1.84. The molecule has 2 aromatic rings. The van der Waals surface area contributed by atoms with Crippen molar-refractivity contribution in [3.63, 3.8) is 0 Å². The molecule has 0 amide bonds. The van der Waals surface area contributed by atoms with Gasteiger partial charge in [0.05, 0.1) is 12.7 Å². The minimum absolute atomic E-state index is 0.0621. The van der Waals surface area contributed by atoms with Gasteiger partial charge in [0.25, 0.3) is 0 Å². The molecule has 2 rings (SSSR count). The first kappa shape index (κ1) is 15.5. The van der Waals surface area contributed by atoms with Crippen LogP contribution < -0.4 is 9.47 Å². The van der Waals surface area contributed by atoms with E-state index in [9.17, 15) is 4.79 Å². The lowest BCUT2D eigenvalue weighted by atomic mass is 10.2. The smallest absolute Gasteiger partial charge is 0.339 e. The van der Waals surface area contributed by atoms with Crippen LogP contribution in [-0.2, 0) is 11.3 Å². The van der Waals surface area contributed by atoms with Crippen LogP contribution in [0.15, 0.2) is 48.5 Å². The van der Waals surface area contributed by atoms with E-state index < -0.39 is 5.97 Å². The van der Waals surface area contributed by atoms with E-state index in [1.165, 1.54) is 7.11 Å². The third kappa shape index (κ3) is 4.03. The number of hydrogen-bond donors (Lipinski definition) is 0.